The molecule has 2 aromatic heterocycles. The smallest absolute Gasteiger partial charge is 0.337 e. The van der Waals surface area contributed by atoms with Gasteiger partial charge in [0.1, 0.15) is 11.5 Å². The normalized spacial score (nSPS) is 11.0. The van der Waals surface area contributed by atoms with Gasteiger partial charge < -0.3 is 15.0 Å². The Morgan fingerprint density at radius 2 is 1.87 bits per heavy atom. The minimum Gasteiger partial charge on any atom is -0.478 e. The first kappa shape index (κ1) is 21.2. The largest absolute Gasteiger partial charge is 0.478 e. The molecule has 2 heterocycles. The summed E-state index contributed by atoms with van der Waals surface area (Å²) in [5.41, 5.74) is 1.79. The second-order valence-corrected chi connectivity index (χ2v) is 7.40. The molecule has 6 nitrogen and oxygen atoms in total. The highest BCUT2D eigenvalue weighted by molar-refractivity contribution is 6.03. The monoisotopic (exact) mass is 413 g/mol. The minimum atomic E-state index is -1.11. The lowest BCUT2D eigenvalue weighted by molar-refractivity contribution is 0.0696. The number of amides is 1. The van der Waals surface area contributed by atoms with Crippen LogP contribution in [0.1, 0.15) is 45.8 Å². The highest BCUT2D eigenvalue weighted by Gasteiger charge is 2.16. The zero-order valence-corrected chi connectivity index (χ0v) is 16.5. The number of carboxylic acids is 1. The van der Waals surface area contributed by atoms with Gasteiger partial charge in [-0.1, -0.05) is 19.9 Å². The number of anilines is 1. The molecular formula is C22H21F2N3O3. The van der Waals surface area contributed by atoms with Crippen LogP contribution < -0.4 is 5.32 Å². The zero-order chi connectivity index (χ0) is 21.8. The second kappa shape index (κ2) is 8.86. The van der Waals surface area contributed by atoms with E-state index < -0.39 is 23.5 Å². The van der Waals surface area contributed by atoms with E-state index in [1.54, 1.807) is 10.6 Å². The number of benzene rings is 1. The number of carbonyl (C=O) groups is 2. The summed E-state index contributed by atoms with van der Waals surface area (Å²) in [6.07, 6.45) is 3.72. The molecule has 0 aliphatic rings. The first-order valence-corrected chi connectivity index (χ1v) is 9.36. The molecule has 0 aliphatic heterocycles. The lowest BCUT2D eigenvalue weighted by Crippen LogP contribution is -2.18. The Morgan fingerprint density at radius 1 is 1.10 bits per heavy atom. The van der Waals surface area contributed by atoms with Gasteiger partial charge in [-0.2, -0.15) is 0 Å². The maximum atomic E-state index is 13.6. The van der Waals surface area contributed by atoms with Crippen LogP contribution in [-0.4, -0.2) is 26.5 Å². The van der Waals surface area contributed by atoms with E-state index in [1.807, 2.05) is 6.20 Å². The molecule has 0 atom stereocenters. The Labute approximate surface area is 172 Å². The molecule has 3 aromatic rings. The van der Waals surface area contributed by atoms with Crippen LogP contribution in [0.2, 0.25) is 0 Å². The van der Waals surface area contributed by atoms with E-state index in [0.717, 1.165) is 30.3 Å². The lowest BCUT2D eigenvalue weighted by atomic mass is 10.1. The van der Waals surface area contributed by atoms with Crippen molar-refractivity contribution in [2.75, 3.05) is 5.32 Å². The number of rotatable bonds is 7. The van der Waals surface area contributed by atoms with E-state index >= 15 is 0 Å². The summed E-state index contributed by atoms with van der Waals surface area (Å²) in [6, 6.07) is 8.12. The summed E-state index contributed by atoms with van der Waals surface area (Å²) >= 11 is 0. The van der Waals surface area contributed by atoms with Gasteiger partial charge in [-0.3, -0.25) is 4.79 Å². The van der Waals surface area contributed by atoms with Gasteiger partial charge in [0, 0.05) is 18.9 Å². The molecule has 0 spiro atoms. The maximum Gasteiger partial charge on any atom is 0.337 e. The molecule has 0 saturated carbocycles. The van der Waals surface area contributed by atoms with Crippen molar-refractivity contribution in [2.45, 2.75) is 26.8 Å². The molecule has 3 rings (SSSR count). The summed E-state index contributed by atoms with van der Waals surface area (Å²) in [6.45, 7) is 4.30. The third-order valence-corrected chi connectivity index (χ3v) is 4.42. The van der Waals surface area contributed by atoms with E-state index in [2.05, 4.69) is 24.1 Å². The summed E-state index contributed by atoms with van der Waals surface area (Å²) in [4.78, 5) is 27.7. The van der Waals surface area contributed by atoms with E-state index in [9.17, 15) is 18.4 Å². The van der Waals surface area contributed by atoms with E-state index in [-0.39, 0.29) is 17.9 Å². The standard InChI is InChI=1S/C22H21F2N3O3/c1-13(2)7-15-9-19(21(28)26-20-6-4-16(10-25-20)22(29)30)27(12-15)11-14-3-5-17(23)18(24)8-14/h3-6,8-10,12-13H,7,11H2,1-2H3,(H,29,30)(H,25,26,28). The van der Waals surface area contributed by atoms with Crippen LogP contribution in [0, 0.1) is 17.6 Å². The molecule has 8 heteroatoms. The van der Waals surface area contributed by atoms with Crippen LogP contribution in [-0.2, 0) is 13.0 Å². The van der Waals surface area contributed by atoms with Crippen LogP contribution in [0.4, 0.5) is 14.6 Å². The van der Waals surface area contributed by atoms with Crippen molar-refractivity contribution >= 4 is 17.7 Å². The van der Waals surface area contributed by atoms with E-state index in [0.29, 0.717) is 17.2 Å². The third kappa shape index (κ3) is 5.08. The Bertz CT molecular complexity index is 1080. The van der Waals surface area contributed by atoms with Crippen molar-refractivity contribution in [1.82, 2.24) is 9.55 Å². The molecule has 2 N–H and O–H groups in total. The first-order valence-electron chi connectivity index (χ1n) is 9.36. The van der Waals surface area contributed by atoms with Gasteiger partial charge in [0.05, 0.1) is 5.56 Å². The molecule has 0 aliphatic carbocycles. The molecule has 1 aromatic carbocycles. The van der Waals surface area contributed by atoms with Gasteiger partial charge in [-0.15, -0.1) is 0 Å². The predicted molar refractivity (Wildman–Crippen MR) is 108 cm³/mol. The van der Waals surface area contributed by atoms with Gasteiger partial charge in [-0.25, -0.2) is 18.6 Å². The van der Waals surface area contributed by atoms with Crippen molar-refractivity contribution in [3.05, 3.63) is 82.8 Å². The quantitative estimate of drug-likeness (QED) is 0.603. The maximum absolute atomic E-state index is 13.6. The average molecular weight is 413 g/mol. The highest BCUT2D eigenvalue weighted by atomic mass is 19.2. The number of halogens is 2. The fraction of sp³-hybridized carbons (Fsp3) is 0.227. The molecule has 0 unspecified atom stereocenters. The first-order chi connectivity index (χ1) is 14.2. The SMILES string of the molecule is CC(C)Cc1cc(C(=O)Nc2ccc(C(=O)O)cn2)n(Cc2ccc(F)c(F)c2)c1. The fourth-order valence-electron chi connectivity index (χ4n) is 3.08. The number of hydrogen-bond donors (Lipinski definition) is 2. The molecule has 0 saturated heterocycles. The van der Waals surface area contributed by atoms with Gasteiger partial charge in [0.2, 0.25) is 0 Å². The van der Waals surface area contributed by atoms with Gasteiger partial charge in [0.25, 0.3) is 5.91 Å². The Hall–Kier alpha value is -3.55. The summed E-state index contributed by atoms with van der Waals surface area (Å²) in [5, 5.41) is 11.6. The predicted octanol–water partition coefficient (Wildman–Crippen LogP) is 4.36. The molecule has 156 valence electrons. The minimum absolute atomic E-state index is 0.00827. The third-order valence-electron chi connectivity index (χ3n) is 4.42. The van der Waals surface area contributed by atoms with Crippen LogP contribution in [0.25, 0.3) is 0 Å². The van der Waals surface area contributed by atoms with E-state index in [1.165, 1.54) is 18.2 Å². The van der Waals surface area contributed by atoms with Gasteiger partial charge >= 0.3 is 5.97 Å². The van der Waals surface area contributed by atoms with Crippen molar-refractivity contribution < 1.29 is 23.5 Å². The van der Waals surface area contributed by atoms with Gasteiger partial charge in [-0.05, 0) is 53.8 Å². The number of hydrogen-bond acceptors (Lipinski definition) is 3. The number of nitrogens with one attached hydrogen (secondary N) is 1. The second-order valence-electron chi connectivity index (χ2n) is 7.40. The molecule has 0 radical (unpaired) electrons. The highest BCUT2D eigenvalue weighted by Crippen LogP contribution is 2.18. The molecule has 0 bridgehead atoms. The van der Waals surface area contributed by atoms with Crippen molar-refractivity contribution in [3.63, 3.8) is 0 Å². The summed E-state index contributed by atoms with van der Waals surface area (Å²) < 4.78 is 28.5. The van der Waals surface area contributed by atoms with Gasteiger partial charge in [0.15, 0.2) is 11.6 Å². The number of aromatic carboxylic acids is 1. The average Bonchev–Trinajstić information content (AvgIpc) is 3.06. The Balaban J connectivity index is 1.87. The van der Waals surface area contributed by atoms with Crippen LogP contribution in [0.3, 0.4) is 0 Å². The number of aromatic nitrogens is 2. The topological polar surface area (TPSA) is 84.2 Å². The Kier molecular flexibility index (Phi) is 6.25. The number of nitrogens with zero attached hydrogens (tertiary/aromatic N) is 2. The molecule has 1 amide bonds. The van der Waals surface area contributed by atoms with Crippen LogP contribution in [0.15, 0.2) is 48.8 Å². The number of carbonyl (C=O) groups excluding carboxylic acids is 1. The van der Waals surface area contributed by atoms with Crippen molar-refractivity contribution in [1.29, 1.82) is 0 Å². The van der Waals surface area contributed by atoms with Crippen LogP contribution in [0.5, 0.6) is 0 Å². The fourth-order valence-corrected chi connectivity index (χ4v) is 3.08. The summed E-state index contributed by atoms with van der Waals surface area (Å²) in [7, 11) is 0. The Morgan fingerprint density at radius 3 is 2.47 bits per heavy atom. The number of carboxylic acid groups (broad SMARTS) is 1. The molecule has 0 fully saturated rings. The van der Waals surface area contributed by atoms with Crippen molar-refractivity contribution in [3.8, 4) is 0 Å². The number of pyridine rings is 1. The van der Waals surface area contributed by atoms with Crippen molar-refractivity contribution in [2.24, 2.45) is 5.92 Å². The molecular weight excluding hydrogens is 392 g/mol. The summed E-state index contributed by atoms with van der Waals surface area (Å²) in [5.74, 6) is -2.86. The zero-order valence-electron chi connectivity index (χ0n) is 16.5. The molecule has 30 heavy (non-hydrogen) atoms. The van der Waals surface area contributed by atoms with E-state index in [4.69, 9.17) is 5.11 Å². The lowest BCUT2D eigenvalue weighted by Gasteiger charge is -2.10. The van der Waals surface area contributed by atoms with Crippen LogP contribution >= 0.6 is 0 Å².